The smallest absolute Gasteiger partial charge is 0.280 e. The Bertz CT molecular complexity index is 1140. The lowest BCUT2D eigenvalue weighted by atomic mass is 9.96. The number of nitrogens with two attached hydrogens (primary N) is 1. The number of aromatic nitrogens is 2. The van der Waals surface area contributed by atoms with Crippen LogP contribution in [0.15, 0.2) is 60.3 Å². The van der Waals surface area contributed by atoms with Crippen molar-refractivity contribution in [2.24, 2.45) is 5.73 Å². The minimum absolute atomic E-state index is 0.177. The second-order valence-corrected chi connectivity index (χ2v) is 8.08. The molecule has 3 heterocycles. The third-order valence-electron chi connectivity index (χ3n) is 6.14. The fourth-order valence-corrected chi connectivity index (χ4v) is 4.59. The second-order valence-electron chi connectivity index (χ2n) is 8.08. The normalized spacial score (nSPS) is 16.4. The molecule has 0 amide bonds. The van der Waals surface area contributed by atoms with Crippen molar-refractivity contribution >= 4 is 17.2 Å². The lowest BCUT2D eigenvalue weighted by Crippen LogP contribution is -2.32. The molecule has 0 radical (unpaired) electrons. The van der Waals surface area contributed by atoms with Crippen molar-refractivity contribution in [1.29, 1.82) is 0 Å². The lowest BCUT2D eigenvalue weighted by Gasteiger charge is -2.30. The highest BCUT2D eigenvalue weighted by Crippen LogP contribution is 2.39. The number of hydrogen-bond donors (Lipinski definition) is 1. The Labute approximate surface area is 181 Å². The molecule has 158 valence electrons. The van der Waals surface area contributed by atoms with Gasteiger partial charge in [0.15, 0.2) is 0 Å². The van der Waals surface area contributed by atoms with Crippen molar-refractivity contribution in [2.45, 2.75) is 25.7 Å². The summed E-state index contributed by atoms with van der Waals surface area (Å²) in [7, 11) is 1.62. The summed E-state index contributed by atoms with van der Waals surface area (Å²) in [5, 5.41) is 4.83. The highest BCUT2D eigenvalue weighted by Gasteiger charge is 2.33. The molecule has 0 atom stereocenters. The van der Waals surface area contributed by atoms with Gasteiger partial charge in [-0.1, -0.05) is 42.5 Å². The summed E-state index contributed by atoms with van der Waals surface area (Å²) in [4.78, 5) is 16.0. The van der Waals surface area contributed by atoms with Gasteiger partial charge in [-0.2, -0.15) is 9.78 Å². The summed E-state index contributed by atoms with van der Waals surface area (Å²) in [5.41, 5.74) is 12.2. The van der Waals surface area contributed by atoms with Crippen LogP contribution in [0.25, 0.3) is 16.8 Å². The van der Waals surface area contributed by atoms with Crippen LogP contribution in [0, 0.1) is 0 Å². The maximum atomic E-state index is 13.6. The van der Waals surface area contributed by atoms with Crippen LogP contribution in [0.3, 0.4) is 0 Å². The van der Waals surface area contributed by atoms with Crippen LogP contribution in [0.5, 0.6) is 5.75 Å². The predicted octanol–water partition coefficient (Wildman–Crippen LogP) is 4.12. The van der Waals surface area contributed by atoms with E-state index < -0.39 is 0 Å². The number of ether oxygens (including phenoxy) is 1. The third-order valence-corrected chi connectivity index (χ3v) is 6.14. The number of fused-ring (bicyclic) bond motifs is 1. The first kappa shape index (κ1) is 19.4. The van der Waals surface area contributed by atoms with Gasteiger partial charge in [-0.25, -0.2) is 0 Å². The zero-order chi connectivity index (χ0) is 21.4. The molecule has 6 nitrogen and oxygen atoms in total. The molecule has 1 saturated heterocycles. The molecular weight excluding hydrogens is 388 g/mol. The Morgan fingerprint density at radius 1 is 0.935 bits per heavy atom. The van der Waals surface area contributed by atoms with Crippen LogP contribution >= 0.6 is 0 Å². The van der Waals surface area contributed by atoms with Crippen LogP contribution < -0.4 is 15.4 Å². The number of anilines is 1. The second kappa shape index (κ2) is 7.95. The zero-order valence-electron chi connectivity index (χ0n) is 17.7. The highest BCUT2D eigenvalue weighted by atomic mass is 16.5. The molecule has 2 aromatic carbocycles. The van der Waals surface area contributed by atoms with Gasteiger partial charge in [-0.3, -0.25) is 4.79 Å². The van der Waals surface area contributed by atoms with E-state index in [0.717, 1.165) is 59.9 Å². The summed E-state index contributed by atoms with van der Waals surface area (Å²) in [6.45, 7) is 1.95. The number of hydrogen-bond acceptors (Lipinski definition) is 5. The first-order valence-electron chi connectivity index (χ1n) is 10.8. The maximum Gasteiger partial charge on any atom is 0.280 e. The highest BCUT2D eigenvalue weighted by molar-refractivity contribution is 6.22. The number of rotatable bonds is 4. The van der Waals surface area contributed by atoms with Gasteiger partial charge in [0, 0.05) is 30.8 Å². The molecule has 0 saturated carbocycles. The Morgan fingerprint density at radius 2 is 1.65 bits per heavy atom. The van der Waals surface area contributed by atoms with Gasteiger partial charge in [0.2, 0.25) is 0 Å². The number of methoxy groups -OCH3 is 1. The fourth-order valence-electron chi connectivity index (χ4n) is 4.59. The minimum atomic E-state index is -0.177. The topological polar surface area (TPSA) is 73.4 Å². The predicted molar refractivity (Wildman–Crippen MR) is 122 cm³/mol. The van der Waals surface area contributed by atoms with E-state index in [4.69, 9.17) is 15.6 Å². The zero-order valence-corrected chi connectivity index (χ0v) is 17.7. The summed E-state index contributed by atoms with van der Waals surface area (Å²) < 4.78 is 6.82. The first-order chi connectivity index (χ1) is 15.2. The van der Waals surface area contributed by atoms with E-state index >= 15 is 0 Å². The molecule has 2 aliphatic rings. The number of nitrogens with zero attached hydrogens (tertiary/aromatic N) is 3. The molecule has 1 aromatic heterocycles. The van der Waals surface area contributed by atoms with Crippen molar-refractivity contribution < 1.29 is 9.53 Å². The van der Waals surface area contributed by atoms with Crippen LogP contribution in [-0.2, 0) is 6.42 Å². The van der Waals surface area contributed by atoms with E-state index in [1.807, 2.05) is 54.6 Å². The van der Waals surface area contributed by atoms with Gasteiger partial charge in [0.1, 0.15) is 11.4 Å². The summed E-state index contributed by atoms with van der Waals surface area (Å²) >= 11 is 0. The van der Waals surface area contributed by atoms with E-state index in [1.165, 1.54) is 6.42 Å². The van der Waals surface area contributed by atoms with E-state index in [-0.39, 0.29) is 5.91 Å². The standard InChI is InChI=1S/C25H26N4O2/c1-31-19-12-10-17(11-13-19)22-20(26)16-21-24(28-14-6-3-7-15-28)23(27-29(21)25(22)30)18-8-4-2-5-9-18/h2,4-5,8-13H,3,6-7,14-16,26H2,1H3. The van der Waals surface area contributed by atoms with Crippen molar-refractivity contribution in [3.8, 4) is 17.0 Å². The first-order valence-corrected chi connectivity index (χ1v) is 10.8. The molecule has 31 heavy (non-hydrogen) atoms. The summed E-state index contributed by atoms with van der Waals surface area (Å²) in [5.74, 6) is 0.564. The van der Waals surface area contributed by atoms with Gasteiger partial charge < -0.3 is 15.4 Å². The van der Waals surface area contributed by atoms with E-state index in [0.29, 0.717) is 17.7 Å². The third kappa shape index (κ3) is 3.38. The maximum absolute atomic E-state index is 13.6. The van der Waals surface area contributed by atoms with Crippen molar-refractivity contribution in [3.63, 3.8) is 0 Å². The average molecular weight is 415 g/mol. The minimum Gasteiger partial charge on any atom is -0.497 e. The van der Waals surface area contributed by atoms with E-state index in [2.05, 4.69) is 4.90 Å². The van der Waals surface area contributed by atoms with Gasteiger partial charge in [0.05, 0.1) is 24.1 Å². The molecular formula is C25H26N4O2. The summed E-state index contributed by atoms with van der Waals surface area (Å²) in [6, 6.07) is 17.5. The van der Waals surface area contributed by atoms with Gasteiger partial charge in [-0.05, 0) is 37.0 Å². The summed E-state index contributed by atoms with van der Waals surface area (Å²) in [6.07, 6.45) is 4.03. The number of carbonyl (C=O) groups excluding carboxylic acids is 1. The Balaban J connectivity index is 1.63. The van der Waals surface area contributed by atoms with Crippen molar-refractivity contribution in [2.75, 3.05) is 25.1 Å². The van der Waals surface area contributed by atoms with Crippen LogP contribution in [0.1, 0.15) is 35.3 Å². The number of benzene rings is 2. The van der Waals surface area contributed by atoms with Gasteiger partial charge in [0.25, 0.3) is 5.91 Å². The molecule has 1 fully saturated rings. The lowest BCUT2D eigenvalue weighted by molar-refractivity contribution is 0.0958. The van der Waals surface area contributed by atoms with Crippen molar-refractivity contribution in [3.05, 3.63) is 71.6 Å². The Morgan fingerprint density at radius 3 is 2.32 bits per heavy atom. The SMILES string of the molecule is COc1ccc(C2=C(N)Cc3c(N4CCCCC4)c(-c4ccccc4)nn3C2=O)cc1. The quantitative estimate of drug-likeness (QED) is 0.695. The van der Waals surface area contributed by atoms with E-state index in [9.17, 15) is 4.79 Å². The average Bonchev–Trinajstić information content (AvgIpc) is 3.20. The number of carbonyl (C=O) groups is 1. The fraction of sp³-hybridized carbons (Fsp3) is 0.280. The molecule has 0 unspecified atom stereocenters. The molecule has 6 heteroatoms. The molecule has 0 bridgehead atoms. The number of piperidine rings is 1. The van der Waals surface area contributed by atoms with E-state index in [1.54, 1.807) is 11.8 Å². The molecule has 5 rings (SSSR count). The molecule has 3 aromatic rings. The molecule has 0 spiro atoms. The van der Waals surface area contributed by atoms with Crippen LogP contribution in [0.2, 0.25) is 0 Å². The molecule has 0 aliphatic carbocycles. The van der Waals surface area contributed by atoms with Crippen molar-refractivity contribution in [1.82, 2.24) is 9.78 Å². The number of allylic oxidation sites excluding steroid dienone is 2. The van der Waals surface area contributed by atoms with Crippen LogP contribution in [-0.4, -0.2) is 35.9 Å². The molecule has 2 aliphatic heterocycles. The Kier molecular flexibility index (Phi) is 4.98. The van der Waals surface area contributed by atoms with Crippen LogP contribution in [0.4, 0.5) is 5.69 Å². The van der Waals surface area contributed by atoms with Gasteiger partial charge >= 0.3 is 0 Å². The molecule has 2 N–H and O–H groups in total. The van der Waals surface area contributed by atoms with Gasteiger partial charge in [-0.15, -0.1) is 0 Å². The monoisotopic (exact) mass is 414 g/mol. The Hall–Kier alpha value is -3.54. The largest absolute Gasteiger partial charge is 0.497 e.